The Morgan fingerprint density at radius 3 is 2.62 bits per heavy atom. The molecule has 0 aliphatic rings. The van der Waals surface area contributed by atoms with Crippen molar-refractivity contribution in [2.75, 3.05) is 6.61 Å². The van der Waals surface area contributed by atoms with E-state index >= 15 is 0 Å². The molecule has 2 aromatic heterocycles. The molecular weight excluding hydrogens is 392 g/mol. The normalized spacial score (nSPS) is 12.2. The molecule has 0 radical (unpaired) electrons. The van der Waals surface area contributed by atoms with Gasteiger partial charge in [0.05, 0.1) is 6.61 Å². The van der Waals surface area contributed by atoms with E-state index in [-0.39, 0.29) is 5.97 Å². The van der Waals surface area contributed by atoms with Crippen molar-refractivity contribution in [3.8, 4) is 0 Å². The first-order valence-corrected chi connectivity index (χ1v) is 10.4. The second kappa shape index (κ2) is 9.13. The Morgan fingerprint density at radius 2 is 1.97 bits per heavy atom. The van der Waals surface area contributed by atoms with Gasteiger partial charge in [0.1, 0.15) is 5.25 Å². The highest BCUT2D eigenvalue weighted by Crippen LogP contribution is 2.28. The summed E-state index contributed by atoms with van der Waals surface area (Å²) in [6.45, 7) is 4.45. The number of hydrogen-bond acceptors (Lipinski definition) is 6. The van der Waals surface area contributed by atoms with E-state index in [4.69, 9.17) is 4.74 Å². The fraction of sp³-hybridized carbons (Fsp3) is 0.400. The van der Waals surface area contributed by atoms with Crippen molar-refractivity contribution in [1.82, 2.24) is 19.1 Å². The molecule has 0 spiro atoms. The van der Waals surface area contributed by atoms with Crippen molar-refractivity contribution in [2.45, 2.75) is 43.6 Å². The highest BCUT2D eigenvalue weighted by atomic mass is 32.2. The topological polar surface area (TPSA) is 99.0 Å². The maximum atomic E-state index is 12.6. The van der Waals surface area contributed by atoms with Crippen LogP contribution in [0.25, 0.3) is 11.2 Å². The molecule has 154 valence electrons. The summed E-state index contributed by atoms with van der Waals surface area (Å²) in [6.07, 6.45) is 1.24. The van der Waals surface area contributed by atoms with Gasteiger partial charge in [-0.05, 0) is 25.3 Å². The first-order valence-electron chi connectivity index (χ1n) is 9.53. The van der Waals surface area contributed by atoms with Crippen molar-refractivity contribution < 1.29 is 9.53 Å². The average molecular weight is 417 g/mol. The van der Waals surface area contributed by atoms with E-state index in [0.29, 0.717) is 42.3 Å². The van der Waals surface area contributed by atoms with Crippen LogP contribution in [0.15, 0.2) is 45.1 Å². The number of aromatic amines is 1. The minimum absolute atomic E-state index is 0.299. The standard InChI is InChI=1S/C20H24N4O4S/c1-4-14(18(26)28-5-2)29-20-21-16-15(17(25)22-19(27)23(16)3)24(20)12-11-13-9-7-6-8-10-13/h6-10,14H,4-5,11-12H2,1-3H3,(H,22,25,27)/t14-/m1/s1. The number of fused-ring (bicyclic) bond motifs is 1. The Morgan fingerprint density at radius 1 is 1.24 bits per heavy atom. The van der Waals surface area contributed by atoms with E-state index in [1.54, 1.807) is 18.5 Å². The first kappa shape index (κ1) is 20.9. The van der Waals surface area contributed by atoms with Crippen molar-refractivity contribution in [3.63, 3.8) is 0 Å². The summed E-state index contributed by atoms with van der Waals surface area (Å²) in [4.78, 5) is 43.7. The van der Waals surface area contributed by atoms with Crippen LogP contribution in [-0.2, 0) is 29.5 Å². The summed E-state index contributed by atoms with van der Waals surface area (Å²) < 4.78 is 8.25. The van der Waals surface area contributed by atoms with Gasteiger partial charge in [0.15, 0.2) is 16.3 Å². The summed E-state index contributed by atoms with van der Waals surface area (Å²) >= 11 is 1.26. The predicted molar refractivity (Wildman–Crippen MR) is 112 cm³/mol. The number of carbonyl (C=O) groups is 1. The lowest BCUT2D eigenvalue weighted by atomic mass is 10.1. The lowest BCUT2D eigenvalue weighted by Crippen LogP contribution is -2.29. The van der Waals surface area contributed by atoms with Gasteiger partial charge in [-0.2, -0.15) is 0 Å². The number of thioether (sulfide) groups is 1. The Hall–Kier alpha value is -2.81. The minimum Gasteiger partial charge on any atom is -0.465 e. The summed E-state index contributed by atoms with van der Waals surface area (Å²) in [5.41, 5.74) is 0.727. The van der Waals surface area contributed by atoms with Gasteiger partial charge in [0.25, 0.3) is 5.56 Å². The molecule has 0 saturated heterocycles. The van der Waals surface area contributed by atoms with E-state index < -0.39 is 16.5 Å². The van der Waals surface area contributed by atoms with Gasteiger partial charge in [-0.15, -0.1) is 0 Å². The molecule has 1 N–H and O–H groups in total. The zero-order valence-electron chi connectivity index (χ0n) is 16.7. The number of imidazole rings is 1. The van der Waals surface area contributed by atoms with Crippen LogP contribution in [0.4, 0.5) is 0 Å². The van der Waals surface area contributed by atoms with E-state index in [1.807, 2.05) is 37.3 Å². The fourth-order valence-electron chi connectivity index (χ4n) is 3.06. The number of esters is 1. The maximum absolute atomic E-state index is 12.6. The molecule has 0 bridgehead atoms. The molecule has 0 saturated carbocycles. The third-order valence-electron chi connectivity index (χ3n) is 4.61. The number of aromatic nitrogens is 4. The van der Waals surface area contributed by atoms with Crippen molar-refractivity contribution in [1.29, 1.82) is 0 Å². The molecule has 0 aliphatic heterocycles. The number of nitrogens with zero attached hydrogens (tertiary/aromatic N) is 3. The fourth-order valence-corrected chi connectivity index (χ4v) is 4.09. The smallest absolute Gasteiger partial charge is 0.329 e. The largest absolute Gasteiger partial charge is 0.465 e. The van der Waals surface area contributed by atoms with Crippen LogP contribution in [0, 0.1) is 0 Å². The molecule has 1 aromatic carbocycles. The monoisotopic (exact) mass is 416 g/mol. The third kappa shape index (κ3) is 4.45. The molecule has 0 fully saturated rings. The van der Waals surface area contributed by atoms with Crippen molar-refractivity contribution in [3.05, 3.63) is 56.7 Å². The summed E-state index contributed by atoms with van der Waals surface area (Å²) in [5, 5.41) is 0.0703. The van der Waals surface area contributed by atoms with Crippen LogP contribution in [0.5, 0.6) is 0 Å². The average Bonchev–Trinajstić information content (AvgIpc) is 3.08. The first-order chi connectivity index (χ1) is 14.0. The van der Waals surface area contributed by atoms with Crippen LogP contribution in [0.1, 0.15) is 25.8 Å². The Labute approximate surface area is 171 Å². The van der Waals surface area contributed by atoms with Crippen molar-refractivity contribution >= 4 is 28.9 Å². The molecule has 2 heterocycles. The van der Waals surface area contributed by atoms with Crippen LogP contribution >= 0.6 is 11.8 Å². The number of aryl methyl sites for hydroxylation is 3. The highest BCUT2D eigenvalue weighted by molar-refractivity contribution is 8.00. The molecule has 0 amide bonds. The number of hydrogen-bond donors (Lipinski definition) is 1. The maximum Gasteiger partial charge on any atom is 0.329 e. The molecule has 0 aliphatic carbocycles. The molecule has 3 rings (SSSR count). The lowest BCUT2D eigenvalue weighted by molar-refractivity contribution is -0.142. The lowest BCUT2D eigenvalue weighted by Gasteiger charge is -2.14. The van der Waals surface area contributed by atoms with Gasteiger partial charge in [-0.1, -0.05) is 49.0 Å². The number of carbonyl (C=O) groups excluding carboxylic acids is 1. The van der Waals surface area contributed by atoms with Gasteiger partial charge < -0.3 is 9.30 Å². The quantitative estimate of drug-likeness (QED) is 0.446. The summed E-state index contributed by atoms with van der Waals surface area (Å²) in [7, 11) is 1.56. The second-order valence-electron chi connectivity index (χ2n) is 6.54. The van der Waals surface area contributed by atoms with Crippen molar-refractivity contribution in [2.24, 2.45) is 7.05 Å². The predicted octanol–water partition coefficient (Wildman–Crippen LogP) is 2.10. The summed E-state index contributed by atoms with van der Waals surface area (Å²) in [5.74, 6) is -0.315. The SMILES string of the molecule is CCOC(=O)[C@@H](CC)Sc1nc2c(c(=O)[nH]c(=O)n2C)n1CCc1ccccc1. The number of H-pyrrole nitrogens is 1. The summed E-state index contributed by atoms with van der Waals surface area (Å²) in [6, 6.07) is 9.89. The van der Waals surface area contributed by atoms with Gasteiger partial charge in [-0.3, -0.25) is 19.1 Å². The van der Waals surface area contributed by atoms with Crippen LogP contribution < -0.4 is 11.2 Å². The molecule has 8 nitrogen and oxygen atoms in total. The zero-order valence-corrected chi connectivity index (χ0v) is 17.5. The highest BCUT2D eigenvalue weighted by Gasteiger charge is 2.25. The van der Waals surface area contributed by atoms with E-state index in [0.717, 1.165) is 5.56 Å². The van der Waals surface area contributed by atoms with E-state index in [2.05, 4.69) is 9.97 Å². The zero-order chi connectivity index (χ0) is 21.0. The number of ether oxygens (including phenoxy) is 1. The van der Waals surface area contributed by atoms with E-state index in [9.17, 15) is 14.4 Å². The van der Waals surface area contributed by atoms with Crippen LogP contribution in [0.3, 0.4) is 0 Å². The second-order valence-corrected chi connectivity index (χ2v) is 7.71. The Balaban J connectivity index is 2.06. The number of benzene rings is 1. The number of rotatable bonds is 8. The van der Waals surface area contributed by atoms with E-state index in [1.165, 1.54) is 16.3 Å². The molecule has 29 heavy (non-hydrogen) atoms. The van der Waals surface area contributed by atoms with Gasteiger partial charge in [0.2, 0.25) is 0 Å². The van der Waals surface area contributed by atoms with Gasteiger partial charge >= 0.3 is 11.7 Å². The molecule has 3 aromatic rings. The molecular formula is C20H24N4O4S. The molecule has 0 unspecified atom stereocenters. The third-order valence-corrected chi connectivity index (χ3v) is 5.94. The Bertz CT molecular complexity index is 1120. The minimum atomic E-state index is -0.524. The molecule has 9 heteroatoms. The molecule has 1 atom stereocenters. The van der Waals surface area contributed by atoms with Crippen LogP contribution in [0.2, 0.25) is 0 Å². The van der Waals surface area contributed by atoms with Gasteiger partial charge in [-0.25, -0.2) is 9.78 Å². The van der Waals surface area contributed by atoms with Crippen LogP contribution in [-0.4, -0.2) is 36.9 Å². The van der Waals surface area contributed by atoms with Gasteiger partial charge in [0, 0.05) is 13.6 Å². The Kier molecular flexibility index (Phi) is 6.58. The number of nitrogens with one attached hydrogen (secondary N) is 1.